The van der Waals surface area contributed by atoms with Crippen LogP contribution < -0.4 is 16.0 Å². The van der Waals surface area contributed by atoms with Crippen molar-refractivity contribution in [1.82, 2.24) is 15.6 Å². The third-order valence-corrected chi connectivity index (χ3v) is 6.53. The third-order valence-electron chi connectivity index (χ3n) is 4.79. The lowest BCUT2D eigenvalue weighted by Gasteiger charge is -2.30. The Kier molecular flexibility index (Phi) is 13.5. The van der Waals surface area contributed by atoms with Gasteiger partial charge in [0.25, 0.3) is 0 Å². The zero-order valence-corrected chi connectivity index (χ0v) is 20.3. The fraction of sp³-hybridized carbons (Fsp3) is 0.700. The summed E-state index contributed by atoms with van der Waals surface area (Å²) in [5.41, 5.74) is 0. The molecule has 8 heteroatoms. The highest BCUT2D eigenvalue weighted by Gasteiger charge is 2.25. The zero-order chi connectivity index (χ0) is 19.3. The highest BCUT2D eigenvalue weighted by molar-refractivity contribution is 14.0. The molecule has 0 spiro atoms. The standard InChI is InChI=1S/C20H35N5OS.HI/c1-3-21-20(25-17-10-9-11-18(16-17)27(26)4-2)24-15-8-7-14-23-19-12-5-6-13-22-19;/h5-6,12-13,17-18H,3-4,7-11,14-16H2,1-2H3,(H,22,23)(H2,21,24,25);1H. The molecule has 0 radical (unpaired) electrons. The van der Waals surface area contributed by atoms with Crippen LogP contribution in [0.15, 0.2) is 29.4 Å². The van der Waals surface area contributed by atoms with Crippen LogP contribution >= 0.6 is 24.0 Å². The van der Waals surface area contributed by atoms with Crippen LogP contribution in [0.3, 0.4) is 0 Å². The summed E-state index contributed by atoms with van der Waals surface area (Å²) in [5.74, 6) is 2.58. The molecule has 3 unspecified atom stereocenters. The second kappa shape index (κ2) is 15.0. The minimum absolute atomic E-state index is 0. The van der Waals surface area contributed by atoms with Crippen molar-refractivity contribution >= 4 is 46.6 Å². The molecule has 1 fully saturated rings. The van der Waals surface area contributed by atoms with E-state index in [2.05, 4.69) is 27.9 Å². The van der Waals surface area contributed by atoms with Gasteiger partial charge in [0.05, 0.1) is 0 Å². The number of hydrogen-bond donors (Lipinski definition) is 3. The minimum Gasteiger partial charge on any atom is -0.370 e. The van der Waals surface area contributed by atoms with Gasteiger partial charge >= 0.3 is 0 Å². The molecular weight excluding hydrogens is 485 g/mol. The van der Waals surface area contributed by atoms with Crippen molar-refractivity contribution in [3.05, 3.63) is 24.4 Å². The van der Waals surface area contributed by atoms with Gasteiger partial charge in [-0.05, 0) is 51.2 Å². The van der Waals surface area contributed by atoms with Gasteiger partial charge in [0.15, 0.2) is 5.96 Å². The van der Waals surface area contributed by atoms with Gasteiger partial charge in [-0.15, -0.1) is 24.0 Å². The molecular formula is C20H36IN5OS. The zero-order valence-electron chi connectivity index (χ0n) is 17.2. The maximum absolute atomic E-state index is 12.1. The number of anilines is 1. The second-order valence-corrected chi connectivity index (χ2v) is 8.91. The van der Waals surface area contributed by atoms with Crippen molar-refractivity contribution in [3.63, 3.8) is 0 Å². The van der Waals surface area contributed by atoms with Gasteiger partial charge < -0.3 is 16.0 Å². The van der Waals surface area contributed by atoms with Crippen molar-refractivity contribution in [2.24, 2.45) is 4.99 Å². The van der Waals surface area contributed by atoms with Crippen molar-refractivity contribution < 1.29 is 4.21 Å². The van der Waals surface area contributed by atoms with Gasteiger partial charge in [-0.2, -0.15) is 0 Å². The van der Waals surface area contributed by atoms with Gasteiger partial charge in [-0.1, -0.05) is 19.4 Å². The van der Waals surface area contributed by atoms with Gasteiger partial charge in [0.2, 0.25) is 0 Å². The molecule has 1 aliphatic carbocycles. The first-order valence-corrected chi connectivity index (χ1v) is 11.7. The number of hydrogen-bond acceptors (Lipinski definition) is 4. The van der Waals surface area contributed by atoms with Crippen LogP contribution in [-0.4, -0.2) is 51.8 Å². The Morgan fingerprint density at radius 3 is 2.86 bits per heavy atom. The van der Waals surface area contributed by atoms with Crippen LogP contribution in [0.4, 0.5) is 5.82 Å². The molecule has 0 aliphatic heterocycles. The second-order valence-electron chi connectivity index (χ2n) is 6.91. The Morgan fingerprint density at radius 1 is 1.29 bits per heavy atom. The number of unbranched alkanes of at least 4 members (excludes halogenated alkanes) is 1. The molecule has 3 atom stereocenters. The topological polar surface area (TPSA) is 78.4 Å². The van der Waals surface area contributed by atoms with Gasteiger partial charge in [0.1, 0.15) is 5.82 Å². The van der Waals surface area contributed by atoms with Crippen LogP contribution in [0.2, 0.25) is 0 Å². The average molecular weight is 522 g/mol. The quantitative estimate of drug-likeness (QED) is 0.190. The van der Waals surface area contributed by atoms with Gasteiger partial charge in [-0.3, -0.25) is 9.20 Å². The molecule has 0 aromatic carbocycles. The lowest BCUT2D eigenvalue weighted by atomic mass is 9.95. The van der Waals surface area contributed by atoms with E-state index in [0.717, 1.165) is 75.7 Å². The van der Waals surface area contributed by atoms with E-state index in [-0.39, 0.29) is 24.0 Å². The number of halogens is 1. The number of rotatable bonds is 10. The predicted molar refractivity (Wildman–Crippen MR) is 131 cm³/mol. The van der Waals surface area contributed by atoms with Gasteiger partial charge in [0, 0.05) is 53.7 Å². The Labute approximate surface area is 189 Å². The molecule has 6 nitrogen and oxygen atoms in total. The van der Waals surface area contributed by atoms with E-state index >= 15 is 0 Å². The first-order valence-electron chi connectivity index (χ1n) is 10.3. The first-order chi connectivity index (χ1) is 13.2. The Hall–Kier alpha value is -0.900. The van der Waals surface area contributed by atoms with E-state index in [9.17, 15) is 4.21 Å². The van der Waals surface area contributed by atoms with Gasteiger partial charge in [-0.25, -0.2) is 4.98 Å². The summed E-state index contributed by atoms with van der Waals surface area (Å²) in [7, 11) is -0.690. The largest absolute Gasteiger partial charge is 0.370 e. The molecule has 28 heavy (non-hydrogen) atoms. The molecule has 160 valence electrons. The molecule has 1 heterocycles. The summed E-state index contributed by atoms with van der Waals surface area (Å²) in [5, 5.41) is 10.6. The summed E-state index contributed by atoms with van der Waals surface area (Å²) in [4.78, 5) is 8.98. The van der Waals surface area contributed by atoms with Crippen molar-refractivity contribution in [3.8, 4) is 0 Å². The highest BCUT2D eigenvalue weighted by Crippen LogP contribution is 2.22. The predicted octanol–water partition coefficient (Wildman–Crippen LogP) is 3.53. The average Bonchev–Trinajstić information content (AvgIpc) is 2.71. The molecule has 0 bridgehead atoms. The summed E-state index contributed by atoms with van der Waals surface area (Å²) >= 11 is 0. The number of aliphatic imine (C=N–C) groups is 1. The van der Waals surface area contributed by atoms with Crippen molar-refractivity contribution in [2.75, 3.05) is 30.7 Å². The molecule has 0 amide bonds. The van der Waals surface area contributed by atoms with Crippen LogP contribution in [0.5, 0.6) is 0 Å². The number of nitrogens with one attached hydrogen (secondary N) is 3. The molecule has 1 aliphatic rings. The Bertz CT molecular complexity index is 587. The molecule has 3 N–H and O–H groups in total. The van der Waals surface area contributed by atoms with Crippen LogP contribution in [-0.2, 0) is 10.8 Å². The normalized spacial score (nSPS) is 20.7. The maximum atomic E-state index is 12.1. The maximum Gasteiger partial charge on any atom is 0.191 e. The summed E-state index contributed by atoms with van der Waals surface area (Å²) in [6.07, 6.45) is 8.24. The van der Waals surface area contributed by atoms with E-state index in [1.165, 1.54) is 0 Å². The monoisotopic (exact) mass is 521 g/mol. The van der Waals surface area contributed by atoms with E-state index in [0.29, 0.717) is 11.3 Å². The third kappa shape index (κ3) is 9.54. The summed E-state index contributed by atoms with van der Waals surface area (Å²) < 4.78 is 12.1. The van der Waals surface area contributed by atoms with Crippen molar-refractivity contribution in [1.29, 1.82) is 0 Å². The van der Waals surface area contributed by atoms with Crippen molar-refractivity contribution in [2.45, 2.75) is 63.7 Å². The molecule has 1 aromatic heterocycles. The number of pyridine rings is 1. The Morgan fingerprint density at radius 2 is 2.14 bits per heavy atom. The molecule has 1 saturated carbocycles. The fourth-order valence-electron chi connectivity index (χ4n) is 3.38. The fourth-order valence-corrected chi connectivity index (χ4v) is 4.72. The minimum atomic E-state index is -0.690. The lowest BCUT2D eigenvalue weighted by molar-refractivity contribution is 0.413. The Balaban J connectivity index is 0.00000392. The van der Waals surface area contributed by atoms with E-state index in [1.54, 1.807) is 6.20 Å². The number of guanidine groups is 1. The number of aromatic nitrogens is 1. The lowest BCUT2D eigenvalue weighted by Crippen LogP contribution is -2.46. The molecule has 1 aromatic rings. The van der Waals surface area contributed by atoms with E-state index in [4.69, 9.17) is 4.99 Å². The van der Waals surface area contributed by atoms with E-state index < -0.39 is 10.8 Å². The summed E-state index contributed by atoms with van der Waals surface area (Å²) in [6, 6.07) is 6.26. The van der Waals surface area contributed by atoms with Crippen LogP contribution in [0, 0.1) is 0 Å². The molecule has 2 rings (SSSR count). The van der Waals surface area contributed by atoms with Crippen LogP contribution in [0.1, 0.15) is 52.4 Å². The smallest absolute Gasteiger partial charge is 0.191 e. The first kappa shape index (κ1) is 25.1. The molecule has 0 saturated heterocycles. The van der Waals surface area contributed by atoms with E-state index in [1.807, 2.05) is 25.1 Å². The SMILES string of the molecule is CCNC(=NCCCCNc1ccccn1)NC1CCCC(S(=O)CC)C1.I. The highest BCUT2D eigenvalue weighted by atomic mass is 127. The summed E-state index contributed by atoms with van der Waals surface area (Å²) in [6.45, 7) is 6.66. The van der Waals surface area contributed by atoms with Crippen LogP contribution in [0.25, 0.3) is 0 Å². The number of nitrogens with zero attached hydrogens (tertiary/aromatic N) is 2.